The quantitative estimate of drug-likeness (QED) is 0.348. The standard InChI is InChI=1S/C14H20N4O8/c1-5(15)11(22)17(2)7(13(23)24)10-8(20)9(21)12(26-10)18-4-3-6(19)16-14(18)25/h3-5,7-10,12,20-21H,15H2,1-2H3,(H,23,24)(H,16,19,25)/t5-,7+,8-,9+,10+,12+/m0/s1. The van der Waals surface area contributed by atoms with Crippen LogP contribution in [0.3, 0.4) is 0 Å². The van der Waals surface area contributed by atoms with Crippen molar-refractivity contribution in [2.45, 2.75) is 43.5 Å². The van der Waals surface area contributed by atoms with Crippen molar-refractivity contribution in [1.82, 2.24) is 14.5 Å². The van der Waals surface area contributed by atoms with Crippen molar-refractivity contribution in [3.8, 4) is 0 Å². The summed E-state index contributed by atoms with van der Waals surface area (Å²) in [5.74, 6) is -2.21. The maximum atomic E-state index is 12.0. The van der Waals surface area contributed by atoms with Crippen molar-refractivity contribution >= 4 is 11.9 Å². The highest BCUT2D eigenvalue weighted by Crippen LogP contribution is 2.31. The molecule has 0 aromatic carbocycles. The van der Waals surface area contributed by atoms with Crippen LogP contribution >= 0.6 is 0 Å². The Morgan fingerprint density at radius 3 is 2.46 bits per heavy atom. The number of aliphatic hydroxyl groups is 2. The number of aliphatic hydroxyl groups excluding tert-OH is 2. The molecular formula is C14H20N4O8. The van der Waals surface area contributed by atoms with Crippen LogP contribution in [-0.4, -0.2) is 79.1 Å². The summed E-state index contributed by atoms with van der Waals surface area (Å²) in [6.07, 6.45) is -5.36. The van der Waals surface area contributed by atoms with Crippen LogP contribution in [0.2, 0.25) is 0 Å². The molecule has 1 amide bonds. The predicted octanol–water partition coefficient (Wildman–Crippen LogP) is -3.59. The molecule has 0 unspecified atom stereocenters. The van der Waals surface area contributed by atoms with Gasteiger partial charge in [0.15, 0.2) is 12.3 Å². The lowest BCUT2D eigenvalue weighted by Gasteiger charge is -2.31. The van der Waals surface area contributed by atoms with E-state index >= 15 is 0 Å². The summed E-state index contributed by atoms with van der Waals surface area (Å²) in [5.41, 5.74) is 3.88. The van der Waals surface area contributed by atoms with Crippen LogP contribution in [0.15, 0.2) is 21.9 Å². The summed E-state index contributed by atoms with van der Waals surface area (Å²) in [4.78, 5) is 49.4. The summed E-state index contributed by atoms with van der Waals surface area (Å²) >= 11 is 0. The van der Waals surface area contributed by atoms with E-state index in [1.807, 2.05) is 4.98 Å². The van der Waals surface area contributed by atoms with E-state index in [0.29, 0.717) is 0 Å². The molecule has 1 aliphatic rings. The molecule has 0 saturated carbocycles. The van der Waals surface area contributed by atoms with E-state index in [1.165, 1.54) is 14.0 Å². The lowest BCUT2D eigenvalue weighted by molar-refractivity contribution is -0.159. The fraction of sp³-hybridized carbons (Fsp3) is 0.571. The number of carboxylic acid groups (broad SMARTS) is 1. The summed E-state index contributed by atoms with van der Waals surface area (Å²) < 4.78 is 6.20. The Hall–Kier alpha value is -2.54. The van der Waals surface area contributed by atoms with Crippen molar-refractivity contribution in [2.75, 3.05) is 7.05 Å². The van der Waals surface area contributed by atoms with Gasteiger partial charge in [0.25, 0.3) is 5.56 Å². The third-order valence-electron chi connectivity index (χ3n) is 4.12. The number of aromatic nitrogens is 2. The highest BCUT2D eigenvalue weighted by atomic mass is 16.6. The summed E-state index contributed by atoms with van der Waals surface area (Å²) in [6, 6.07) is -1.66. The first-order chi connectivity index (χ1) is 12.1. The Morgan fingerprint density at radius 1 is 1.35 bits per heavy atom. The number of H-pyrrole nitrogens is 1. The topological polar surface area (TPSA) is 188 Å². The number of aromatic amines is 1. The molecule has 0 spiro atoms. The number of rotatable bonds is 5. The van der Waals surface area contributed by atoms with Gasteiger partial charge in [-0.3, -0.25) is 19.1 Å². The third-order valence-corrected chi connectivity index (χ3v) is 4.12. The van der Waals surface area contributed by atoms with Gasteiger partial charge in [0.05, 0.1) is 6.04 Å². The maximum Gasteiger partial charge on any atom is 0.330 e. The monoisotopic (exact) mass is 372 g/mol. The van der Waals surface area contributed by atoms with Crippen LogP contribution < -0.4 is 17.0 Å². The van der Waals surface area contributed by atoms with Gasteiger partial charge in [-0.25, -0.2) is 9.59 Å². The van der Waals surface area contributed by atoms with E-state index in [9.17, 15) is 34.5 Å². The molecule has 1 fully saturated rings. The molecule has 0 aliphatic carbocycles. The number of nitrogens with zero attached hydrogens (tertiary/aromatic N) is 2. The second kappa shape index (κ2) is 7.37. The number of hydrogen-bond acceptors (Lipinski definition) is 8. The van der Waals surface area contributed by atoms with E-state index in [1.54, 1.807) is 0 Å². The van der Waals surface area contributed by atoms with Gasteiger partial charge in [-0.15, -0.1) is 0 Å². The fourth-order valence-corrected chi connectivity index (χ4v) is 2.79. The van der Waals surface area contributed by atoms with E-state index in [4.69, 9.17) is 10.5 Å². The van der Waals surface area contributed by atoms with Crippen LogP contribution in [0.25, 0.3) is 0 Å². The lowest BCUT2D eigenvalue weighted by Crippen LogP contribution is -2.56. The Labute approximate surface area is 146 Å². The molecule has 1 saturated heterocycles. The van der Waals surface area contributed by atoms with Crippen molar-refractivity contribution in [3.63, 3.8) is 0 Å². The van der Waals surface area contributed by atoms with Crippen LogP contribution in [-0.2, 0) is 14.3 Å². The molecule has 0 bridgehead atoms. The Kier molecular flexibility index (Phi) is 5.61. The number of hydrogen-bond donors (Lipinski definition) is 5. The van der Waals surface area contributed by atoms with Crippen molar-refractivity contribution in [3.05, 3.63) is 33.1 Å². The van der Waals surface area contributed by atoms with Gasteiger partial charge < -0.3 is 30.7 Å². The van der Waals surface area contributed by atoms with Crippen molar-refractivity contribution < 1.29 is 29.6 Å². The number of likely N-dealkylation sites (N-methyl/N-ethyl adjacent to an activating group) is 1. The largest absolute Gasteiger partial charge is 0.480 e. The molecule has 1 aromatic heterocycles. The zero-order valence-corrected chi connectivity index (χ0v) is 14.0. The van der Waals surface area contributed by atoms with Gasteiger partial charge in [0.1, 0.15) is 18.3 Å². The first kappa shape index (κ1) is 19.8. The minimum absolute atomic E-state index is 0.679. The van der Waals surface area contributed by atoms with Crippen LogP contribution in [0.5, 0.6) is 0 Å². The highest BCUT2D eigenvalue weighted by Gasteiger charge is 2.51. The molecule has 12 nitrogen and oxygen atoms in total. The van der Waals surface area contributed by atoms with Gasteiger partial charge in [0, 0.05) is 19.3 Å². The van der Waals surface area contributed by atoms with Crippen LogP contribution in [0.1, 0.15) is 13.2 Å². The van der Waals surface area contributed by atoms with Gasteiger partial charge in [0.2, 0.25) is 5.91 Å². The molecule has 1 aromatic rings. The van der Waals surface area contributed by atoms with E-state index in [2.05, 4.69) is 0 Å². The summed E-state index contributed by atoms with van der Waals surface area (Å²) in [7, 11) is 1.17. The fourth-order valence-electron chi connectivity index (χ4n) is 2.79. The number of nitrogens with two attached hydrogens (primary N) is 1. The summed E-state index contributed by atoms with van der Waals surface area (Å²) in [6.45, 7) is 1.36. The summed E-state index contributed by atoms with van der Waals surface area (Å²) in [5, 5.41) is 29.9. The van der Waals surface area contributed by atoms with E-state index < -0.39 is 59.7 Å². The molecule has 26 heavy (non-hydrogen) atoms. The number of amides is 1. The normalized spacial score (nSPS) is 27.7. The number of carbonyl (C=O) groups excluding carboxylic acids is 1. The SMILES string of the molecule is C[C@H](N)C(=O)N(C)[C@@H](C(=O)O)[C@H]1O[C@@H](n2ccc(=O)[nH]c2=O)[C@H](O)[C@@H]1O. The Bertz CT molecular complexity index is 803. The zero-order valence-electron chi connectivity index (χ0n) is 14.0. The number of nitrogens with one attached hydrogen (secondary N) is 1. The molecule has 12 heteroatoms. The lowest BCUT2D eigenvalue weighted by atomic mass is 10.0. The third kappa shape index (κ3) is 3.53. The first-order valence-corrected chi connectivity index (χ1v) is 7.64. The highest BCUT2D eigenvalue weighted by molar-refractivity contribution is 5.86. The number of carbonyl (C=O) groups is 2. The maximum absolute atomic E-state index is 12.0. The number of ether oxygens (including phenoxy) is 1. The van der Waals surface area contributed by atoms with Gasteiger partial charge in [-0.1, -0.05) is 0 Å². The molecular weight excluding hydrogens is 352 g/mol. The van der Waals surface area contributed by atoms with Crippen molar-refractivity contribution in [2.24, 2.45) is 5.73 Å². The predicted molar refractivity (Wildman–Crippen MR) is 85.1 cm³/mol. The number of aliphatic carboxylic acids is 1. The average Bonchev–Trinajstić information content (AvgIpc) is 2.82. The van der Waals surface area contributed by atoms with Gasteiger partial charge in [-0.05, 0) is 6.92 Å². The first-order valence-electron chi connectivity index (χ1n) is 7.64. The Morgan fingerprint density at radius 2 is 1.96 bits per heavy atom. The molecule has 2 heterocycles. The molecule has 144 valence electrons. The average molecular weight is 372 g/mol. The second-order valence-electron chi connectivity index (χ2n) is 6.01. The Balaban J connectivity index is 2.37. The van der Waals surface area contributed by atoms with Gasteiger partial charge >= 0.3 is 11.7 Å². The molecule has 6 atom stereocenters. The minimum atomic E-state index is -1.72. The molecule has 0 radical (unpaired) electrons. The number of carboxylic acids is 1. The zero-order chi connectivity index (χ0) is 19.8. The van der Waals surface area contributed by atoms with E-state index in [-0.39, 0.29) is 0 Å². The minimum Gasteiger partial charge on any atom is -0.480 e. The van der Waals surface area contributed by atoms with Crippen LogP contribution in [0.4, 0.5) is 0 Å². The van der Waals surface area contributed by atoms with E-state index in [0.717, 1.165) is 21.7 Å². The molecule has 1 aliphatic heterocycles. The smallest absolute Gasteiger partial charge is 0.330 e. The molecule has 2 rings (SSSR count). The van der Waals surface area contributed by atoms with Crippen LogP contribution in [0, 0.1) is 0 Å². The molecule has 6 N–H and O–H groups in total. The second-order valence-corrected chi connectivity index (χ2v) is 6.01. The van der Waals surface area contributed by atoms with Crippen molar-refractivity contribution in [1.29, 1.82) is 0 Å². The van der Waals surface area contributed by atoms with Gasteiger partial charge in [-0.2, -0.15) is 0 Å².